The van der Waals surface area contributed by atoms with Crippen LogP contribution in [0.3, 0.4) is 0 Å². The van der Waals surface area contributed by atoms with Gasteiger partial charge in [0.05, 0.1) is 13.2 Å². The van der Waals surface area contributed by atoms with E-state index in [1.165, 1.54) is 19.3 Å². The number of amides is 1. The minimum absolute atomic E-state index is 0.0142. The molecule has 0 radical (unpaired) electrons. The highest BCUT2D eigenvalue weighted by Gasteiger charge is 2.20. The van der Waals surface area contributed by atoms with Crippen LogP contribution in [0.5, 0.6) is 0 Å². The number of unbranched alkanes of at least 4 members (excludes halogenated alkanes) is 3. The molecule has 0 aliphatic carbocycles. The van der Waals surface area contributed by atoms with E-state index in [0.717, 1.165) is 25.7 Å². The first kappa shape index (κ1) is 14.5. The molecule has 1 aliphatic rings. The topological polar surface area (TPSA) is 61.6 Å². The molecule has 0 saturated carbocycles. The molecule has 1 fully saturated rings. The summed E-state index contributed by atoms with van der Waals surface area (Å²) in [7, 11) is 0. The van der Waals surface area contributed by atoms with Crippen molar-refractivity contribution in [3.05, 3.63) is 0 Å². The van der Waals surface area contributed by atoms with E-state index in [0.29, 0.717) is 13.2 Å². The minimum atomic E-state index is -0.181. The lowest BCUT2D eigenvalue weighted by molar-refractivity contribution is -0.123. The van der Waals surface area contributed by atoms with Crippen molar-refractivity contribution >= 4 is 5.91 Å². The molecule has 1 saturated heterocycles. The monoisotopic (exact) mass is 243 g/mol. The van der Waals surface area contributed by atoms with E-state index in [2.05, 4.69) is 6.92 Å². The van der Waals surface area contributed by atoms with Crippen molar-refractivity contribution in [1.82, 2.24) is 0 Å². The van der Waals surface area contributed by atoms with Crippen LogP contribution in [0.4, 0.5) is 0 Å². The van der Waals surface area contributed by atoms with E-state index in [-0.39, 0.29) is 18.1 Å². The standard InChI is InChI=1S/C13H25NO3/c1-2-3-4-5-6-11(13(14)15)7-8-12-16-9-10-17-12/h11-12H,2-10H2,1H3,(H2,14,15). The predicted octanol–water partition coefficient (Wildman–Crippen LogP) is 2.21. The lowest BCUT2D eigenvalue weighted by Crippen LogP contribution is -2.24. The van der Waals surface area contributed by atoms with Gasteiger partial charge in [-0.1, -0.05) is 32.6 Å². The summed E-state index contributed by atoms with van der Waals surface area (Å²) in [6, 6.07) is 0. The largest absolute Gasteiger partial charge is 0.369 e. The van der Waals surface area contributed by atoms with E-state index < -0.39 is 0 Å². The Morgan fingerprint density at radius 3 is 2.53 bits per heavy atom. The van der Waals surface area contributed by atoms with Gasteiger partial charge in [0.1, 0.15) is 0 Å². The van der Waals surface area contributed by atoms with Crippen molar-refractivity contribution in [1.29, 1.82) is 0 Å². The molecule has 0 aromatic heterocycles. The van der Waals surface area contributed by atoms with E-state index in [9.17, 15) is 4.79 Å². The lowest BCUT2D eigenvalue weighted by Gasteiger charge is -2.15. The summed E-state index contributed by atoms with van der Waals surface area (Å²) in [5.74, 6) is -0.195. The first-order valence-corrected chi connectivity index (χ1v) is 6.76. The van der Waals surface area contributed by atoms with Gasteiger partial charge in [-0.05, 0) is 19.3 Å². The minimum Gasteiger partial charge on any atom is -0.369 e. The molecular formula is C13H25NO3. The molecule has 4 nitrogen and oxygen atoms in total. The first-order chi connectivity index (χ1) is 8.24. The predicted molar refractivity (Wildman–Crippen MR) is 66.4 cm³/mol. The number of hydrogen-bond acceptors (Lipinski definition) is 3. The van der Waals surface area contributed by atoms with Gasteiger partial charge < -0.3 is 15.2 Å². The fourth-order valence-electron chi connectivity index (χ4n) is 2.16. The fourth-order valence-corrected chi connectivity index (χ4v) is 2.16. The zero-order valence-electron chi connectivity index (χ0n) is 10.8. The van der Waals surface area contributed by atoms with Gasteiger partial charge in [0, 0.05) is 5.92 Å². The van der Waals surface area contributed by atoms with Crippen molar-refractivity contribution in [2.24, 2.45) is 11.7 Å². The molecule has 1 unspecified atom stereocenters. The number of primary amides is 1. The molecule has 1 atom stereocenters. The fraction of sp³-hybridized carbons (Fsp3) is 0.923. The lowest BCUT2D eigenvalue weighted by atomic mass is 9.95. The Morgan fingerprint density at radius 2 is 1.94 bits per heavy atom. The molecule has 1 amide bonds. The maximum Gasteiger partial charge on any atom is 0.220 e. The molecule has 4 heteroatoms. The third-order valence-electron chi connectivity index (χ3n) is 3.25. The maximum atomic E-state index is 11.3. The summed E-state index contributed by atoms with van der Waals surface area (Å²) in [6.07, 6.45) is 7.08. The van der Waals surface area contributed by atoms with Crippen LogP contribution in [0.2, 0.25) is 0 Å². The molecule has 0 aromatic rings. The van der Waals surface area contributed by atoms with Crippen LogP contribution >= 0.6 is 0 Å². The Kier molecular flexibility index (Phi) is 7.21. The van der Waals surface area contributed by atoms with E-state index in [1.54, 1.807) is 0 Å². The van der Waals surface area contributed by atoms with Crippen LogP contribution in [0.15, 0.2) is 0 Å². The van der Waals surface area contributed by atoms with Gasteiger partial charge in [0.2, 0.25) is 5.91 Å². The molecule has 1 rings (SSSR count). The van der Waals surface area contributed by atoms with Gasteiger partial charge in [-0.25, -0.2) is 0 Å². The Balaban J connectivity index is 2.15. The highest BCUT2D eigenvalue weighted by molar-refractivity contribution is 5.76. The van der Waals surface area contributed by atoms with Crippen molar-refractivity contribution in [2.75, 3.05) is 13.2 Å². The summed E-state index contributed by atoms with van der Waals surface area (Å²) >= 11 is 0. The van der Waals surface area contributed by atoms with Gasteiger partial charge in [-0.15, -0.1) is 0 Å². The Hall–Kier alpha value is -0.610. The highest BCUT2D eigenvalue weighted by atomic mass is 16.7. The molecule has 1 heterocycles. The smallest absolute Gasteiger partial charge is 0.220 e. The van der Waals surface area contributed by atoms with E-state index in [4.69, 9.17) is 15.2 Å². The maximum absolute atomic E-state index is 11.3. The molecule has 17 heavy (non-hydrogen) atoms. The summed E-state index contributed by atoms with van der Waals surface area (Å²) in [5, 5.41) is 0. The second-order valence-corrected chi connectivity index (χ2v) is 4.70. The number of carbonyl (C=O) groups excluding carboxylic acids is 1. The van der Waals surface area contributed by atoms with Gasteiger partial charge in [0.15, 0.2) is 6.29 Å². The third kappa shape index (κ3) is 6.03. The van der Waals surface area contributed by atoms with Gasteiger partial charge in [-0.3, -0.25) is 4.79 Å². The summed E-state index contributed by atoms with van der Waals surface area (Å²) in [6.45, 7) is 3.52. The Bertz CT molecular complexity index is 215. The van der Waals surface area contributed by atoms with Gasteiger partial charge in [0.25, 0.3) is 0 Å². The number of ether oxygens (including phenoxy) is 2. The summed E-state index contributed by atoms with van der Waals surface area (Å²) in [5.41, 5.74) is 5.42. The van der Waals surface area contributed by atoms with Crippen LogP contribution in [0, 0.1) is 5.92 Å². The number of carbonyl (C=O) groups is 1. The second-order valence-electron chi connectivity index (χ2n) is 4.70. The molecule has 0 aromatic carbocycles. The molecule has 100 valence electrons. The van der Waals surface area contributed by atoms with Crippen LogP contribution in [0.1, 0.15) is 51.9 Å². The Morgan fingerprint density at radius 1 is 1.24 bits per heavy atom. The van der Waals surface area contributed by atoms with Crippen molar-refractivity contribution in [3.8, 4) is 0 Å². The zero-order chi connectivity index (χ0) is 12.5. The van der Waals surface area contributed by atoms with Gasteiger partial charge >= 0.3 is 0 Å². The van der Waals surface area contributed by atoms with Gasteiger partial charge in [-0.2, -0.15) is 0 Å². The Labute approximate surface area is 104 Å². The number of hydrogen-bond donors (Lipinski definition) is 1. The SMILES string of the molecule is CCCCCCC(CCC1OCCO1)C(N)=O. The van der Waals surface area contributed by atoms with Crippen molar-refractivity contribution < 1.29 is 14.3 Å². The number of rotatable bonds is 9. The van der Waals surface area contributed by atoms with Crippen LogP contribution in [-0.2, 0) is 14.3 Å². The van der Waals surface area contributed by atoms with Crippen LogP contribution in [0.25, 0.3) is 0 Å². The van der Waals surface area contributed by atoms with E-state index in [1.807, 2.05) is 0 Å². The first-order valence-electron chi connectivity index (χ1n) is 6.76. The van der Waals surface area contributed by atoms with Crippen molar-refractivity contribution in [2.45, 2.75) is 58.2 Å². The van der Waals surface area contributed by atoms with E-state index >= 15 is 0 Å². The summed E-state index contributed by atoms with van der Waals surface area (Å²) in [4.78, 5) is 11.3. The molecule has 0 spiro atoms. The second kappa shape index (κ2) is 8.48. The number of nitrogens with two attached hydrogens (primary N) is 1. The average Bonchev–Trinajstić information content (AvgIpc) is 2.80. The molecular weight excluding hydrogens is 218 g/mol. The molecule has 2 N–H and O–H groups in total. The molecule has 0 bridgehead atoms. The third-order valence-corrected chi connectivity index (χ3v) is 3.25. The normalized spacial score (nSPS) is 18.4. The quantitative estimate of drug-likeness (QED) is 0.631. The highest BCUT2D eigenvalue weighted by Crippen LogP contribution is 2.19. The van der Waals surface area contributed by atoms with Crippen LogP contribution < -0.4 is 5.73 Å². The molecule has 1 aliphatic heterocycles. The van der Waals surface area contributed by atoms with Crippen LogP contribution in [-0.4, -0.2) is 25.4 Å². The summed E-state index contributed by atoms with van der Waals surface area (Å²) < 4.78 is 10.7. The average molecular weight is 243 g/mol. The van der Waals surface area contributed by atoms with Crippen molar-refractivity contribution in [3.63, 3.8) is 0 Å². The zero-order valence-corrected chi connectivity index (χ0v) is 10.8.